The number of benzene rings is 1. The standard InChI is InChI=1S/C13H17NOS/c1-2-9(7-14)13(15)11-8-16-12-6-4-3-5-10(11)12/h3-6,8-9,13,15H,2,7,14H2,1H3. The molecule has 1 heterocycles. The minimum Gasteiger partial charge on any atom is -0.388 e. The third-order valence-corrected chi connectivity index (χ3v) is 4.08. The van der Waals surface area contributed by atoms with Crippen molar-refractivity contribution in [2.24, 2.45) is 11.7 Å². The highest BCUT2D eigenvalue weighted by Crippen LogP contribution is 2.34. The molecule has 2 rings (SSSR count). The molecule has 0 bridgehead atoms. The van der Waals surface area contributed by atoms with Gasteiger partial charge in [0.25, 0.3) is 0 Å². The smallest absolute Gasteiger partial charge is 0.0844 e. The normalized spacial score (nSPS) is 15.2. The number of hydrogen-bond donors (Lipinski definition) is 2. The molecule has 0 radical (unpaired) electrons. The van der Waals surface area contributed by atoms with Crippen LogP contribution in [0.1, 0.15) is 25.0 Å². The van der Waals surface area contributed by atoms with Crippen molar-refractivity contribution >= 4 is 21.4 Å². The van der Waals surface area contributed by atoms with Crippen LogP contribution < -0.4 is 5.73 Å². The summed E-state index contributed by atoms with van der Waals surface area (Å²) in [5.41, 5.74) is 6.70. The van der Waals surface area contributed by atoms with E-state index in [4.69, 9.17) is 5.73 Å². The van der Waals surface area contributed by atoms with Crippen LogP contribution in [0.4, 0.5) is 0 Å². The van der Waals surface area contributed by atoms with Crippen LogP contribution in [0.25, 0.3) is 10.1 Å². The summed E-state index contributed by atoms with van der Waals surface area (Å²) in [4.78, 5) is 0. The highest BCUT2D eigenvalue weighted by atomic mass is 32.1. The summed E-state index contributed by atoms with van der Waals surface area (Å²) in [5.74, 6) is 0.151. The van der Waals surface area contributed by atoms with Crippen molar-refractivity contribution in [2.75, 3.05) is 6.54 Å². The van der Waals surface area contributed by atoms with Gasteiger partial charge >= 0.3 is 0 Å². The lowest BCUT2D eigenvalue weighted by Crippen LogP contribution is -2.21. The van der Waals surface area contributed by atoms with Crippen LogP contribution in [-0.4, -0.2) is 11.7 Å². The molecule has 3 N–H and O–H groups in total. The maximum atomic E-state index is 10.3. The minimum absolute atomic E-state index is 0.151. The molecule has 2 unspecified atom stereocenters. The maximum absolute atomic E-state index is 10.3. The highest BCUT2D eigenvalue weighted by molar-refractivity contribution is 7.17. The number of thiophene rings is 1. The predicted octanol–water partition coefficient (Wildman–Crippen LogP) is 2.92. The van der Waals surface area contributed by atoms with E-state index in [-0.39, 0.29) is 5.92 Å². The topological polar surface area (TPSA) is 46.2 Å². The summed E-state index contributed by atoms with van der Waals surface area (Å²) in [5, 5.41) is 13.5. The van der Waals surface area contributed by atoms with Crippen molar-refractivity contribution in [3.05, 3.63) is 35.2 Å². The molecule has 0 amide bonds. The molecule has 0 aliphatic rings. The van der Waals surface area contributed by atoms with E-state index in [0.29, 0.717) is 6.54 Å². The first-order chi connectivity index (χ1) is 7.77. The van der Waals surface area contributed by atoms with Crippen molar-refractivity contribution in [2.45, 2.75) is 19.4 Å². The van der Waals surface area contributed by atoms with E-state index in [1.807, 2.05) is 17.5 Å². The number of fused-ring (bicyclic) bond motifs is 1. The van der Waals surface area contributed by atoms with E-state index in [9.17, 15) is 5.11 Å². The minimum atomic E-state index is -0.439. The molecule has 0 saturated heterocycles. The summed E-state index contributed by atoms with van der Waals surface area (Å²) in [6.07, 6.45) is 0.466. The molecule has 3 heteroatoms. The Labute approximate surface area is 99.7 Å². The number of aliphatic hydroxyl groups is 1. The number of nitrogens with two attached hydrogens (primary N) is 1. The average Bonchev–Trinajstić information content (AvgIpc) is 2.74. The lowest BCUT2D eigenvalue weighted by atomic mass is 9.93. The molecular weight excluding hydrogens is 218 g/mol. The SMILES string of the molecule is CCC(CN)C(O)c1csc2ccccc12. The number of rotatable bonds is 4. The highest BCUT2D eigenvalue weighted by Gasteiger charge is 2.20. The van der Waals surface area contributed by atoms with Gasteiger partial charge in [0.1, 0.15) is 0 Å². The number of hydrogen-bond acceptors (Lipinski definition) is 3. The molecule has 2 aromatic rings. The first kappa shape index (κ1) is 11.6. The molecule has 0 spiro atoms. The Kier molecular flexibility index (Phi) is 3.59. The Morgan fingerprint density at radius 1 is 1.38 bits per heavy atom. The first-order valence-electron chi connectivity index (χ1n) is 5.62. The Balaban J connectivity index is 2.39. The van der Waals surface area contributed by atoms with Crippen LogP contribution in [0.3, 0.4) is 0 Å². The third-order valence-electron chi connectivity index (χ3n) is 3.10. The van der Waals surface area contributed by atoms with Crippen LogP contribution in [0.2, 0.25) is 0 Å². The molecular formula is C13H17NOS. The molecule has 16 heavy (non-hydrogen) atoms. The van der Waals surface area contributed by atoms with E-state index in [2.05, 4.69) is 19.1 Å². The molecule has 2 atom stereocenters. The summed E-state index contributed by atoms with van der Waals surface area (Å²) >= 11 is 1.68. The van der Waals surface area contributed by atoms with Crippen molar-refractivity contribution in [1.82, 2.24) is 0 Å². The fourth-order valence-corrected chi connectivity index (χ4v) is 2.99. The van der Waals surface area contributed by atoms with Crippen molar-refractivity contribution < 1.29 is 5.11 Å². The molecule has 86 valence electrons. The van der Waals surface area contributed by atoms with Gasteiger partial charge in [0.05, 0.1) is 6.10 Å². The molecule has 0 fully saturated rings. The van der Waals surface area contributed by atoms with Gasteiger partial charge in [-0.1, -0.05) is 25.1 Å². The summed E-state index contributed by atoms with van der Waals surface area (Å²) in [7, 11) is 0. The first-order valence-corrected chi connectivity index (χ1v) is 6.50. The second kappa shape index (κ2) is 4.95. The fourth-order valence-electron chi connectivity index (χ4n) is 2.00. The van der Waals surface area contributed by atoms with Gasteiger partial charge in [-0.15, -0.1) is 11.3 Å². The molecule has 0 saturated carbocycles. The Morgan fingerprint density at radius 2 is 2.12 bits per heavy atom. The fraction of sp³-hybridized carbons (Fsp3) is 0.385. The Bertz CT molecular complexity index is 462. The Hall–Kier alpha value is -0.900. The third kappa shape index (κ3) is 1.98. The van der Waals surface area contributed by atoms with Crippen LogP contribution >= 0.6 is 11.3 Å². The van der Waals surface area contributed by atoms with Crippen LogP contribution in [0.5, 0.6) is 0 Å². The van der Waals surface area contributed by atoms with Gasteiger partial charge in [-0.2, -0.15) is 0 Å². The number of aliphatic hydroxyl groups excluding tert-OH is 1. The predicted molar refractivity (Wildman–Crippen MR) is 69.6 cm³/mol. The van der Waals surface area contributed by atoms with Crippen molar-refractivity contribution in [3.8, 4) is 0 Å². The van der Waals surface area contributed by atoms with Crippen molar-refractivity contribution in [1.29, 1.82) is 0 Å². The Morgan fingerprint density at radius 3 is 2.81 bits per heavy atom. The largest absolute Gasteiger partial charge is 0.388 e. The van der Waals surface area contributed by atoms with Gasteiger partial charge in [-0.25, -0.2) is 0 Å². The second-order valence-corrected chi connectivity index (χ2v) is 4.95. The molecule has 0 aliphatic carbocycles. The van der Waals surface area contributed by atoms with Crippen LogP contribution in [0.15, 0.2) is 29.6 Å². The van der Waals surface area contributed by atoms with Crippen LogP contribution in [0, 0.1) is 5.92 Å². The zero-order valence-corrected chi connectivity index (χ0v) is 10.2. The van der Waals surface area contributed by atoms with Crippen LogP contribution in [-0.2, 0) is 0 Å². The van der Waals surface area contributed by atoms with E-state index in [0.717, 1.165) is 17.4 Å². The van der Waals surface area contributed by atoms with E-state index >= 15 is 0 Å². The van der Waals surface area contributed by atoms with Gasteiger partial charge in [-0.05, 0) is 35.4 Å². The van der Waals surface area contributed by atoms with Gasteiger partial charge in [0.2, 0.25) is 0 Å². The zero-order valence-electron chi connectivity index (χ0n) is 9.39. The lowest BCUT2D eigenvalue weighted by Gasteiger charge is -2.19. The molecule has 1 aromatic heterocycles. The van der Waals surface area contributed by atoms with Gasteiger partial charge in [0.15, 0.2) is 0 Å². The van der Waals surface area contributed by atoms with E-state index in [1.54, 1.807) is 11.3 Å². The molecule has 2 nitrogen and oxygen atoms in total. The summed E-state index contributed by atoms with van der Waals surface area (Å²) in [6.45, 7) is 2.59. The van der Waals surface area contributed by atoms with E-state index in [1.165, 1.54) is 4.70 Å². The zero-order chi connectivity index (χ0) is 11.5. The second-order valence-electron chi connectivity index (χ2n) is 4.04. The quantitative estimate of drug-likeness (QED) is 0.856. The van der Waals surface area contributed by atoms with Gasteiger partial charge in [0, 0.05) is 10.6 Å². The van der Waals surface area contributed by atoms with E-state index < -0.39 is 6.10 Å². The molecule has 0 aliphatic heterocycles. The van der Waals surface area contributed by atoms with Crippen molar-refractivity contribution in [3.63, 3.8) is 0 Å². The summed E-state index contributed by atoms with van der Waals surface area (Å²) < 4.78 is 1.23. The summed E-state index contributed by atoms with van der Waals surface area (Å²) in [6, 6.07) is 8.18. The van der Waals surface area contributed by atoms with Gasteiger partial charge in [-0.3, -0.25) is 0 Å². The maximum Gasteiger partial charge on any atom is 0.0844 e. The lowest BCUT2D eigenvalue weighted by molar-refractivity contribution is 0.112. The monoisotopic (exact) mass is 235 g/mol. The van der Waals surface area contributed by atoms with Gasteiger partial charge < -0.3 is 10.8 Å². The molecule has 1 aromatic carbocycles. The average molecular weight is 235 g/mol.